The van der Waals surface area contributed by atoms with Crippen molar-refractivity contribution in [2.24, 2.45) is 7.05 Å². The summed E-state index contributed by atoms with van der Waals surface area (Å²) in [5.41, 5.74) is 9.30. The van der Waals surface area contributed by atoms with E-state index in [1.165, 1.54) is 0 Å². The van der Waals surface area contributed by atoms with Crippen molar-refractivity contribution in [3.05, 3.63) is 30.7 Å². The Labute approximate surface area is 120 Å². The molecule has 0 bridgehead atoms. The summed E-state index contributed by atoms with van der Waals surface area (Å²) in [7, 11) is 1.91. The molecule has 0 amide bonds. The number of rotatable bonds is 2. The summed E-state index contributed by atoms with van der Waals surface area (Å²) in [5, 5.41) is 7.05. The van der Waals surface area contributed by atoms with Crippen molar-refractivity contribution >= 4 is 5.82 Å². The molecule has 1 aliphatic heterocycles. The van der Waals surface area contributed by atoms with Gasteiger partial charge in [-0.25, -0.2) is 4.98 Å². The van der Waals surface area contributed by atoms with E-state index in [1.807, 2.05) is 36.0 Å². The van der Waals surface area contributed by atoms with Gasteiger partial charge in [-0.05, 0) is 17.7 Å². The third kappa shape index (κ3) is 1.82. The average molecular weight is 283 g/mol. The molecule has 0 fully saturated rings. The Balaban J connectivity index is 1.87. The topological polar surface area (TPSA) is 91.0 Å². The smallest absolute Gasteiger partial charge is 0.231 e. The molecule has 0 radical (unpaired) electrons. The molecule has 106 valence electrons. The van der Waals surface area contributed by atoms with Gasteiger partial charge in [0.25, 0.3) is 0 Å². The first-order valence-corrected chi connectivity index (χ1v) is 6.44. The van der Waals surface area contributed by atoms with E-state index in [4.69, 9.17) is 15.2 Å². The number of nitrogens with zero attached hydrogens (tertiary/aromatic N) is 3. The molecule has 0 atom stereocenters. The van der Waals surface area contributed by atoms with Gasteiger partial charge in [0, 0.05) is 13.2 Å². The predicted octanol–water partition coefficient (Wildman–Crippen LogP) is 1.79. The SMILES string of the molecule is Cn1cnc(-c2[nH]nc(N)c2-c2ccc3c(c2)OCO3)c1. The van der Waals surface area contributed by atoms with Gasteiger partial charge in [-0.3, -0.25) is 5.10 Å². The number of imidazole rings is 1. The second-order valence-corrected chi connectivity index (χ2v) is 4.85. The molecule has 3 N–H and O–H groups in total. The van der Waals surface area contributed by atoms with Crippen molar-refractivity contribution in [1.82, 2.24) is 19.7 Å². The Morgan fingerprint density at radius 1 is 1.29 bits per heavy atom. The normalized spacial score (nSPS) is 12.8. The Kier molecular flexibility index (Phi) is 2.41. The second kappa shape index (κ2) is 4.27. The second-order valence-electron chi connectivity index (χ2n) is 4.85. The van der Waals surface area contributed by atoms with E-state index < -0.39 is 0 Å². The van der Waals surface area contributed by atoms with Gasteiger partial charge in [-0.2, -0.15) is 5.10 Å². The molecule has 1 aliphatic rings. The van der Waals surface area contributed by atoms with Crippen LogP contribution in [0.4, 0.5) is 5.82 Å². The molecule has 3 heterocycles. The van der Waals surface area contributed by atoms with Crippen LogP contribution < -0.4 is 15.2 Å². The Morgan fingerprint density at radius 2 is 2.14 bits per heavy atom. The van der Waals surface area contributed by atoms with Crippen molar-refractivity contribution in [1.29, 1.82) is 0 Å². The van der Waals surface area contributed by atoms with E-state index in [1.54, 1.807) is 6.33 Å². The summed E-state index contributed by atoms with van der Waals surface area (Å²) >= 11 is 0. The summed E-state index contributed by atoms with van der Waals surface area (Å²) in [5.74, 6) is 1.87. The first-order chi connectivity index (χ1) is 10.2. The van der Waals surface area contributed by atoms with E-state index in [0.717, 1.165) is 28.3 Å². The standard InChI is InChI=1S/C14H13N5O2/c1-19-5-9(16-6-19)13-12(14(15)18-17-13)8-2-3-10-11(4-8)21-7-20-10/h2-6H,7H2,1H3,(H3,15,17,18). The molecule has 0 saturated carbocycles. The number of aromatic amines is 1. The van der Waals surface area contributed by atoms with E-state index in [0.29, 0.717) is 11.6 Å². The van der Waals surface area contributed by atoms with Gasteiger partial charge in [0.2, 0.25) is 6.79 Å². The molecular weight excluding hydrogens is 270 g/mol. The molecule has 0 aliphatic carbocycles. The fourth-order valence-electron chi connectivity index (χ4n) is 2.43. The number of nitrogen functional groups attached to an aromatic ring is 1. The zero-order valence-corrected chi connectivity index (χ0v) is 11.3. The van der Waals surface area contributed by atoms with Crippen LogP contribution in [-0.4, -0.2) is 26.5 Å². The predicted molar refractivity (Wildman–Crippen MR) is 76.8 cm³/mol. The maximum atomic E-state index is 6.01. The van der Waals surface area contributed by atoms with E-state index in [2.05, 4.69) is 15.2 Å². The lowest BCUT2D eigenvalue weighted by Gasteiger charge is -2.04. The summed E-state index contributed by atoms with van der Waals surface area (Å²) in [4.78, 5) is 4.34. The number of nitrogens with one attached hydrogen (secondary N) is 1. The lowest BCUT2D eigenvalue weighted by molar-refractivity contribution is 0.174. The lowest BCUT2D eigenvalue weighted by Crippen LogP contribution is -1.93. The van der Waals surface area contributed by atoms with Gasteiger partial charge < -0.3 is 19.8 Å². The molecule has 0 spiro atoms. The lowest BCUT2D eigenvalue weighted by atomic mass is 10.0. The number of aromatic nitrogens is 4. The maximum absolute atomic E-state index is 6.01. The third-order valence-electron chi connectivity index (χ3n) is 3.42. The van der Waals surface area contributed by atoms with Crippen LogP contribution in [0.25, 0.3) is 22.5 Å². The van der Waals surface area contributed by atoms with E-state index in [-0.39, 0.29) is 6.79 Å². The third-order valence-corrected chi connectivity index (χ3v) is 3.42. The molecule has 4 rings (SSSR count). The van der Waals surface area contributed by atoms with Gasteiger partial charge in [0.1, 0.15) is 5.69 Å². The van der Waals surface area contributed by atoms with Crippen LogP contribution in [0.15, 0.2) is 30.7 Å². The first kappa shape index (κ1) is 11.8. The molecule has 21 heavy (non-hydrogen) atoms. The van der Waals surface area contributed by atoms with Crippen molar-refractivity contribution in [2.75, 3.05) is 12.5 Å². The molecule has 7 heteroatoms. The zero-order chi connectivity index (χ0) is 14.4. The van der Waals surface area contributed by atoms with Crippen molar-refractivity contribution in [3.8, 4) is 34.0 Å². The first-order valence-electron chi connectivity index (χ1n) is 6.44. The van der Waals surface area contributed by atoms with Gasteiger partial charge >= 0.3 is 0 Å². The number of hydrogen-bond acceptors (Lipinski definition) is 5. The Morgan fingerprint density at radius 3 is 2.95 bits per heavy atom. The molecule has 0 saturated heterocycles. The van der Waals surface area contributed by atoms with Gasteiger partial charge in [0.05, 0.1) is 17.6 Å². The van der Waals surface area contributed by atoms with E-state index in [9.17, 15) is 0 Å². The highest BCUT2D eigenvalue weighted by atomic mass is 16.7. The summed E-state index contributed by atoms with van der Waals surface area (Å²) in [6.45, 7) is 0.243. The fraction of sp³-hybridized carbons (Fsp3) is 0.143. The van der Waals surface area contributed by atoms with Gasteiger partial charge in [-0.15, -0.1) is 0 Å². The number of ether oxygens (including phenoxy) is 2. The monoisotopic (exact) mass is 283 g/mol. The molecule has 7 nitrogen and oxygen atoms in total. The minimum Gasteiger partial charge on any atom is -0.454 e. The summed E-state index contributed by atoms with van der Waals surface area (Å²) in [6, 6.07) is 5.70. The molecule has 3 aromatic rings. The van der Waals surface area contributed by atoms with Crippen LogP contribution in [0, 0.1) is 0 Å². The number of benzene rings is 1. The van der Waals surface area contributed by atoms with Crippen LogP contribution in [0.2, 0.25) is 0 Å². The number of H-pyrrole nitrogens is 1. The molecule has 2 aromatic heterocycles. The van der Waals surface area contributed by atoms with Crippen molar-refractivity contribution in [2.45, 2.75) is 0 Å². The highest BCUT2D eigenvalue weighted by Crippen LogP contribution is 2.40. The number of hydrogen-bond donors (Lipinski definition) is 2. The Bertz CT molecular complexity index is 821. The summed E-state index contributed by atoms with van der Waals surface area (Å²) in [6.07, 6.45) is 3.64. The molecule has 0 unspecified atom stereocenters. The quantitative estimate of drug-likeness (QED) is 0.748. The number of fused-ring (bicyclic) bond motifs is 1. The van der Waals surface area contributed by atoms with Crippen molar-refractivity contribution < 1.29 is 9.47 Å². The van der Waals surface area contributed by atoms with Crippen LogP contribution in [-0.2, 0) is 7.05 Å². The number of nitrogens with two attached hydrogens (primary N) is 1. The van der Waals surface area contributed by atoms with Crippen LogP contribution in [0.5, 0.6) is 11.5 Å². The highest BCUT2D eigenvalue weighted by Gasteiger charge is 2.20. The maximum Gasteiger partial charge on any atom is 0.231 e. The van der Waals surface area contributed by atoms with Crippen LogP contribution in [0.3, 0.4) is 0 Å². The van der Waals surface area contributed by atoms with E-state index >= 15 is 0 Å². The minimum absolute atomic E-state index is 0.243. The largest absolute Gasteiger partial charge is 0.454 e. The van der Waals surface area contributed by atoms with Crippen LogP contribution >= 0.6 is 0 Å². The zero-order valence-electron chi connectivity index (χ0n) is 11.3. The minimum atomic E-state index is 0.243. The van der Waals surface area contributed by atoms with Gasteiger partial charge in [0.15, 0.2) is 17.3 Å². The number of anilines is 1. The Hall–Kier alpha value is -2.96. The fourth-order valence-corrected chi connectivity index (χ4v) is 2.43. The van der Waals surface area contributed by atoms with Gasteiger partial charge in [-0.1, -0.05) is 6.07 Å². The van der Waals surface area contributed by atoms with Crippen LogP contribution in [0.1, 0.15) is 0 Å². The molecular formula is C14H13N5O2. The number of aryl methyl sites for hydroxylation is 1. The highest BCUT2D eigenvalue weighted by molar-refractivity contribution is 5.87. The van der Waals surface area contributed by atoms with Crippen molar-refractivity contribution in [3.63, 3.8) is 0 Å². The average Bonchev–Trinajstić information content (AvgIpc) is 3.17. The molecule has 1 aromatic carbocycles. The summed E-state index contributed by atoms with van der Waals surface area (Å²) < 4.78 is 12.6.